The van der Waals surface area contributed by atoms with Crippen molar-refractivity contribution >= 4 is 23.2 Å². The molecule has 0 bridgehead atoms. The first-order chi connectivity index (χ1) is 9.10. The van der Waals surface area contributed by atoms with E-state index in [1.54, 1.807) is 18.6 Å². The normalized spacial score (nSPS) is 10.4. The Morgan fingerprint density at radius 2 is 2.11 bits per heavy atom. The van der Waals surface area contributed by atoms with Gasteiger partial charge in [-0.05, 0) is 11.4 Å². The number of aliphatic carboxylic acids is 1. The summed E-state index contributed by atoms with van der Waals surface area (Å²) in [7, 11) is 3.05. The Morgan fingerprint density at radius 1 is 1.37 bits per heavy atom. The minimum atomic E-state index is -1.05. The second-order valence-electron chi connectivity index (χ2n) is 3.82. The number of amides is 1. The summed E-state index contributed by atoms with van der Waals surface area (Å²) < 4.78 is 9.90. The molecular weight excluding hydrogens is 270 g/mol. The lowest BCUT2D eigenvalue weighted by atomic mass is 10.2. The fourth-order valence-corrected chi connectivity index (χ4v) is 2.43. The topological polar surface area (TPSA) is 76.1 Å². The summed E-state index contributed by atoms with van der Waals surface area (Å²) in [6, 6.07) is 1.80. The molecule has 0 unspecified atom stereocenters. The van der Waals surface area contributed by atoms with Crippen LogP contribution >= 0.6 is 11.3 Å². The Balaban J connectivity index is 2.84. The van der Waals surface area contributed by atoms with Crippen LogP contribution in [-0.4, -0.2) is 55.8 Å². The number of nitrogens with zero attached hydrogens (tertiary/aromatic N) is 1. The molecule has 0 aliphatic rings. The highest BCUT2D eigenvalue weighted by atomic mass is 32.1. The quantitative estimate of drug-likeness (QED) is 0.774. The second kappa shape index (κ2) is 7.88. The SMILES string of the molecule is COCCN(CC(=O)O)C(=O)c1sccc1COC. The first kappa shape index (κ1) is 15.6. The Bertz CT molecular complexity index is 432. The molecule has 19 heavy (non-hydrogen) atoms. The molecule has 7 heteroatoms. The van der Waals surface area contributed by atoms with Crippen LogP contribution in [0.3, 0.4) is 0 Å². The van der Waals surface area contributed by atoms with Crippen molar-refractivity contribution in [2.75, 3.05) is 33.9 Å². The smallest absolute Gasteiger partial charge is 0.323 e. The van der Waals surface area contributed by atoms with Crippen molar-refractivity contribution in [3.8, 4) is 0 Å². The van der Waals surface area contributed by atoms with Gasteiger partial charge in [0.15, 0.2) is 0 Å². The number of carboxylic acids is 1. The summed E-state index contributed by atoms with van der Waals surface area (Å²) >= 11 is 1.28. The van der Waals surface area contributed by atoms with Gasteiger partial charge in [-0.3, -0.25) is 9.59 Å². The summed E-state index contributed by atoms with van der Waals surface area (Å²) in [5.41, 5.74) is 0.769. The molecule has 0 spiro atoms. The van der Waals surface area contributed by atoms with Crippen LogP contribution in [0.15, 0.2) is 11.4 Å². The predicted octanol–water partition coefficient (Wildman–Crippen LogP) is 1.07. The number of hydrogen-bond donors (Lipinski definition) is 1. The van der Waals surface area contributed by atoms with Crippen LogP contribution in [-0.2, 0) is 20.9 Å². The van der Waals surface area contributed by atoms with Crippen LogP contribution in [0.25, 0.3) is 0 Å². The number of carboxylic acid groups (broad SMARTS) is 1. The maximum absolute atomic E-state index is 12.3. The van der Waals surface area contributed by atoms with Gasteiger partial charge in [0.05, 0.1) is 18.1 Å². The van der Waals surface area contributed by atoms with Gasteiger partial charge in [-0.15, -0.1) is 11.3 Å². The highest BCUT2D eigenvalue weighted by Crippen LogP contribution is 2.19. The maximum Gasteiger partial charge on any atom is 0.323 e. The summed E-state index contributed by atoms with van der Waals surface area (Å²) in [4.78, 5) is 24.9. The first-order valence-corrected chi connectivity index (χ1v) is 6.53. The molecule has 1 amide bonds. The van der Waals surface area contributed by atoms with Crippen molar-refractivity contribution in [1.29, 1.82) is 0 Å². The average Bonchev–Trinajstić information content (AvgIpc) is 2.82. The lowest BCUT2D eigenvalue weighted by molar-refractivity contribution is -0.137. The lowest BCUT2D eigenvalue weighted by Gasteiger charge is -2.20. The molecule has 0 radical (unpaired) electrons. The molecule has 6 nitrogen and oxygen atoms in total. The number of hydrogen-bond acceptors (Lipinski definition) is 5. The Labute approximate surface area is 115 Å². The zero-order chi connectivity index (χ0) is 14.3. The van der Waals surface area contributed by atoms with Gasteiger partial charge in [0.2, 0.25) is 0 Å². The van der Waals surface area contributed by atoms with Crippen molar-refractivity contribution in [3.63, 3.8) is 0 Å². The van der Waals surface area contributed by atoms with Gasteiger partial charge in [0.25, 0.3) is 5.91 Å². The van der Waals surface area contributed by atoms with Gasteiger partial charge in [0, 0.05) is 26.3 Å². The van der Waals surface area contributed by atoms with E-state index in [1.807, 2.05) is 0 Å². The molecule has 1 aromatic rings. The molecule has 1 heterocycles. The molecule has 0 aromatic carbocycles. The van der Waals surface area contributed by atoms with E-state index in [0.29, 0.717) is 18.1 Å². The fourth-order valence-electron chi connectivity index (χ4n) is 1.55. The van der Waals surface area contributed by atoms with Crippen molar-refractivity contribution in [2.45, 2.75) is 6.61 Å². The van der Waals surface area contributed by atoms with E-state index in [-0.39, 0.29) is 19.0 Å². The Morgan fingerprint density at radius 3 is 2.68 bits per heavy atom. The largest absolute Gasteiger partial charge is 0.480 e. The van der Waals surface area contributed by atoms with Crippen molar-refractivity contribution in [2.24, 2.45) is 0 Å². The summed E-state index contributed by atoms with van der Waals surface area (Å²) in [5.74, 6) is -1.35. The third-order valence-electron chi connectivity index (χ3n) is 2.42. The molecule has 1 rings (SSSR count). The fraction of sp³-hybridized carbons (Fsp3) is 0.500. The number of carbonyl (C=O) groups excluding carboxylic acids is 1. The third kappa shape index (κ3) is 4.62. The monoisotopic (exact) mass is 287 g/mol. The second-order valence-corrected chi connectivity index (χ2v) is 4.74. The van der Waals surface area contributed by atoms with Gasteiger partial charge in [0.1, 0.15) is 6.54 Å². The van der Waals surface area contributed by atoms with Gasteiger partial charge in [-0.1, -0.05) is 0 Å². The van der Waals surface area contributed by atoms with Gasteiger partial charge in [-0.2, -0.15) is 0 Å². The highest BCUT2D eigenvalue weighted by molar-refractivity contribution is 7.12. The van der Waals surface area contributed by atoms with Crippen molar-refractivity contribution < 1.29 is 24.2 Å². The lowest BCUT2D eigenvalue weighted by Crippen LogP contribution is -2.38. The maximum atomic E-state index is 12.3. The van der Waals surface area contributed by atoms with E-state index in [1.165, 1.54) is 23.3 Å². The molecule has 0 atom stereocenters. The number of ether oxygens (including phenoxy) is 2. The van der Waals surface area contributed by atoms with Gasteiger partial charge < -0.3 is 19.5 Å². The molecular formula is C12H17NO5S. The number of thiophene rings is 1. The molecule has 0 saturated carbocycles. The molecule has 1 N–H and O–H groups in total. The standard InChI is InChI=1S/C12H17NO5S/c1-17-5-4-13(7-10(14)15)12(16)11-9(8-18-2)3-6-19-11/h3,6H,4-5,7-8H2,1-2H3,(H,14,15). The summed E-state index contributed by atoms with van der Waals surface area (Å²) in [6.07, 6.45) is 0. The molecule has 106 valence electrons. The molecule has 0 aliphatic heterocycles. The average molecular weight is 287 g/mol. The zero-order valence-electron chi connectivity index (χ0n) is 10.9. The van der Waals surface area contributed by atoms with Gasteiger partial charge >= 0.3 is 5.97 Å². The summed E-state index contributed by atoms with van der Waals surface area (Å²) in [6.45, 7) is 0.526. The van der Waals surface area contributed by atoms with E-state index < -0.39 is 5.97 Å². The minimum absolute atomic E-state index is 0.242. The predicted molar refractivity (Wildman–Crippen MR) is 70.4 cm³/mol. The van der Waals surface area contributed by atoms with Crippen LogP contribution in [0.1, 0.15) is 15.2 Å². The molecule has 0 saturated heterocycles. The number of methoxy groups -OCH3 is 2. The number of carbonyl (C=O) groups is 2. The summed E-state index contributed by atoms with van der Waals surface area (Å²) in [5, 5.41) is 10.6. The van der Waals surface area contributed by atoms with Crippen LogP contribution in [0, 0.1) is 0 Å². The minimum Gasteiger partial charge on any atom is -0.480 e. The van der Waals surface area contributed by atoms with Crippen LogP contribution < -0.4 is 0 Å². The third-order valence-corrected chi connectivity index (χ3v) is 3.36. The highest BCUT2D eigenvalue weighted by Gasteiger charge is 2.21. The van der Waals surface area contributed by atoms with Gasteiger partial charge in [-0.25, -0.2) is 0 Å². The van der Waals surface area contributed by atoms with Crippen molar-refractivity contribution in [3.05, 3.63) is 21.9 Å². The first-order valence-electron chi connectivity index (χ1n) is 5.65. The van der Waals surface area contributed by atoms with Crippen LogP contribution in [0.5, 0.6) is 0 Å². The van der Waals surface area contributed by atoms with Crippen LogP contribution in [0.4, 0.5) is 0 Å². The number of rotatable bonds is 8. The van der Waals surface area contributed by atoms with Crippen LogP contribution in [0.2, 0.25) is 0 Å². The van der Waals surface area contributed by atoms with E-state index in [0.717, 1.165) is 5.56 Å². The van der Waals surface area contributed by atoms with E-state index in [2.05, 4.69) is 0 Å². The molecule has 0 fully saturated rings. The zero-order valence-corrected chi connectivity index (χ0v) is 11.7. The van der Waals surface area contributed by atoms with E-state index >= 15 is 0 Å². The van der Waals surface area contributed by atoms with E-state index in [4.69, 9.17) is 14.6 Å². The van der Waals surface area contributed by atoms with Crippen molar-refractivity contribution in [1.82, 2.24) is 4.90 Å². The van der Waals surface area contributed by atoms with E-state index in [9.17, 15) is 9.59 Å². The molecule has 1 aromatic heterocycles. The molecule has 0 aliphatic carbocycles. The Kier molecular flexibility index (Phi) is 6.48. The Hall–Kier alpha value is -1.44.